The molecule has 1 aromatic carbocycles. The minimum Gasteiger partial charge on any atom is -0.744 e. The van der Waals surface area contributed by atoms with Crippen LogP contribution in [0.15, 0.2) is 17.0 Å². The normalized spacial score (nSPS) is 12.1. The average Bonchev–Trinajstić information content (AvgIpc) is 2.05. The molecule has 1 aromatic rings. The third kappa shape index (κ3) is 3.75. The molecule has 4 nitrogen and oxygen atoms in total. The van der Waals surface area contributed by atoms with E-state index in [1.54, 1.807) is 6.92 Å². The fourth-order valence-electron chi connectivity index (χ4n) is 1.46. The summed E-state index contributed by atoms with van der Waals surface area (Å²) in [7, 11) is -4.49. The van der Waals surface area contributed by atoms with Crippen LogP contribution in [0.2, 0.25) is 0 Å². The SMILES string of the molecule is Cc1cc(S(=O)(=O)[O-])cc(C(C)(C)C)c1O.[Li+]. The Hall–Kier alpha value is -0.473. The zero-order valence-electron chi connectivity index (χ0n) is 10.7. The van der Waals surface area contributed by atoms with Crippen molar-refractivity contribution < 1.29 is 36.9 Å². The summed E-state index contributed by atoms with van der Waals surface area (Å²) in [5, 5.41) is 9.83. The van der Waals surface area contributed by atoms with Gasteiger partial charge in [-0.15, -0.1) is 0 Å². The molecule has 6 heteroatoms. The van der Waals surface area contributed by atoms with Gasteiger partial charge in [0.2, 0.25) is 0 Å². The molecule has 0 atom stereocenters. The zero-order valence-corrected chi connectivity index (χ0v) is 11.6. The van der Waals surface area contributed by atoms with Crippen LogP contribution in [0.5, 0.6) is 5.75 Å². The van der Waals surface area contributed by atoms with Crippen LogP contribution in [-0.4, -0.2) is 18.1 Å². The fourth-order valence-corrected chi connectivity index (χ4v) is 2.05. The summed E-state index contributed by atoms with van der Waals surface area (Å²) in [6.45, 7) is 7.08. The van der Waals surface area contributed by atoms with E-state index in [9.17, 15) is 18.1 Å². The average molecular weight is 250 g/mol. The van der Waals surface area contributed by atoms with Crippen molar-refractivity contribution in [3.8, 4) is 5.75 Å². The molecule has 1 N–H and O–H groups in total. The standard InChI is InChI=1S/C11H16O4S.Li/c1-7-5-8(16(13,14)15)6-9(10(7)12)11(2,3)4;/h5-6,12H,1-4H3,(H,13,14,15);/q;+1/p-1. The summed E-state index contributed by atoms with van der Waals surface area (Å²) in [5.41, 5.74) is 0.430. The van der Waals surface area contributed by atoms with E-state index >= 15 is 0 Å². The molecule has 0 bridgehead atoms. The second kappa shape index (κ2) is 5.03. The predicted molar refractivity (Wildman–Crippen MR) is 59.5 cm³/mol. The summed E-state index contributed by atoms with van der Waals surface area (Å²) >= 11 is 0. The second-order valence-electron chi connectivity index (χ2n) is 4.84. The van der Waals surface area contributed by atoms with Crippen LogP contribution in [0.1, 0.15) is 31.9 Å². The van der Waals surface area contributed by atoms with Gasteiger partial charge in [-0.3, -0.25) is 0 Å². The summed E-state index contributed by atoms with van der Waals surface area (Å²) in [6, 6.07) is 2.43. The quantitative estimate of drug-likeness (QED) is 0.507. The van der Waals surface area contributed by atoms with Gasteiger partial charge in [0.1, 0.15) is 15.9 Å². The molecule has 0 fully saturated rings. The van der Waals surface area contributed by atoms with E-state index in [1.165, 1.54) is 12.1 Å². The van der Waals surface area contributed by atoms with Crippen LogP contribution in [0.4, 0.5) is 0 Å². The van der Waals surface area contributed by atoms with Gasteiger partial charge in [-0.05, 0) is 30.0 Å². The van der Waals surface area contributed by atoms with E-state index in [2.05, 4.69) is 0 Å². The van der Waals surface area contributed by atoms with Gasteiger partial charge >= 0.3 is 18.9 Å². The number of hydrogen-bond acceptors (Lipinski definition) is 4. The van der Waals surface area contributed by atoms with Gasteiger partial charge in [0.05, 0.1) is 4.90 Å². The van der Waals surface area contributed by atoms with Crippen LogP contribution in [0, 0.1) is 6.92 Å². The Bertz CT molecular complexity index is 515. The summed E-state index contributed by atoms with van der Waals surface area (Å²) in [6.07, 6.45) is 0. The van der Waals surface area contributed by atoms with Crippen molar-refractivity contribution in [2.24, 2.45) is 0 Å². The maximum absolute atomic E-state index is 10.9. The Kier molecular flexibility index (Phi) is 4.89. The van der Waals surface area contributed by atoms with Gasteiger partial charge in [0, 0.05) is 5.56 Å². The Labute approximate surface area is 114 Å². The van der Waals surface area contributed by atoms with Crippen molar-refractivity contribution in [3.63, 3.8) is 0 Å². The third-order valence-corrected chi connectivity index (χ3v) is 3.18. The largest absolute Gasteiger partial charge is 1.00 e. The molecule has 0 heterocycles. The number of aromatic hydroxyl groups is 1. The van der Waals surface area contributed by atoms with E-state index in [0.29, 0.717) is 11.1 Å². The first-order valence-corrected chi connectivity index (χ1v) is 6.24. The topological polar surface area (TPSA) is 77.4 Å². The molecular formula is C11H15LiO4S. The zero-order chi connectivity index (χ0) is 12.7. The summed E-state index contributed by atoms with van der Waals surface area (Å²) < 4.78 is 32.8. The molecule has 1 rings (SSSR count). The molecule has 0 aliphatic carbocycles. The number of benzene rings is 1. The minimum absolute atomic E-state index is 0. The predicted octanol–water partition coefficient (Wildman–Crippen LogP) is -1.09. The van der Waals surface area contributed by atoms with Crippen LogP contribution < -0.4 is 18.9 Å². The summed E-state index contributed by atoms with van der Waals surface area (Å²) in [5.74, 6) is 0.0416. The monoisotopic (exact) mass is 250 g/mol. The third-order valence-electron chi connectivity index (χ3n) is 2.37. The van der Waals surface area contributed by atoms with Crippen molar-refractivity contribution in [1.82, 2.24) is 0 Å². The molecule has 17 heavy (non-hydrogen) atoms. The van der Waals surface area contributed by atoms with E-state index < -0.39 is 15.5 Å². The number of rotatable bonds is 1. The Morgan fingerprint density at radius 1 is 1.24 bits per heavy atom. The van der Waals surface area contributed by atoms with Crippen molar-refractivity contribution in [2.75, 3.05) is 0 Å². The van der Waals surface area contributed by atoms with Gasteiger partial charge in [-0.25, -0.2) is 8.42 Å². The van der Waals surface area contributed by atoms with E-state index in [0.717, 1.165) is 0 Å². The maximum Gasteiger partial charge on any atom is 1.00 e. The first kappa shape index (κ1) is 16.5. The number of phenols is 1. The first-order chi connectivity index (χ1) is 7.03. The Balaban J connectivity index is 0.00000256. The molecule has 0 aliphatic rings. The molecule has 0 aliphatic heterocycles. The molecule has 0 aromatic heterocycles. The van der Waals surface area contributed by atoms with E-state index in [1.807, 2.05) is 20.8 Å². The number of hydrogen-bond donors (Lipinski definition) is 1. The minimum atomic E-state index is -4.49. The van der Waals surface area contributed by atoms with Gasteiger partial charge < -0.3 is 9.66 Å². The van der Waals surface area contributed by atoms with Crippen molar-refractivity contribution in [2.45, 2.75) is 38.0 Å². The van der Waals surface area contributed by atoms with Gasteiger partial charge in [0.15, 0.2) is 0 Å². The Morgan fingerprint density at radius 3 is 2.06 bits per heavy atom. The van der Waals surface area contributed by atoms with Crippen molar-refractivity contribution in [1.29, 1.82) is 0 Å². The van der Waals surface area contributed by atoms with Crippen LogP contribution in [-0.2, 0) is 15.5 Å². The fraction of sp³-hybridized carbons (Fsp3) is 0.455. The van der Waals surface area contributed by atoms with E-state index in [4.69, 9.17) is 0 Å². The molecule has 0 saturated carbocycles. The number of phenolic OH excluding ortho intramolecular Hbond substituents is 1. The number of aryl methyl sites for hydroxylation is 1. The first-order valence-electron chi connectivity index (χ1n) is 4.83. The smallest absolute Gasteiger partial charge is 0.744 e. The molecular weight excluding hydrogens is 235 g/mol. The van der Waals surface area contributed by atoms with Crippen molar-refractivity contribution in [3.05, 3.63) is 23.3 Å². The molecule has 90 valence electrons. The van der Waals surface area contributed by atoms with Gasteiger partial charge in [-0.1, -0.05) is 20.8 Å². The maximum atomic E-state index is 10.9. The molecule has 0 radical (unpaired) electrons. The van der Waals surface area contributed by atoms with Crippen molar-refractivity contribution >= 4 is 10.1 Å². The molecule has 0 amide bonds. The van der Waals surface area contributed by atoms with Crippen LogP contribution in [0.25, 0.3) is 0 Å². The summed E-state index contributed by atoms with van der Waals surface area (Å²) in [4.78, 5) is -0.298. The second-order valence-corrected chi connectivity index (χ2v) is 6.22. The van der Waals surface area contributed by atoms with E-state index in [-0.39, 0.29) is 29.5 Å². The van der Waals surface area contributed by atoms with Gasteiger partial charge in [0.25, 0.3) is 0 Å². The molecule has 0 saturated heterocycles. The Morgan fingerprint density at radius 2 is 1.71 bits per heavy atom. The molecule has 0 unspecified atom stereocenters. The van der Waals surface area contributed by atoms with Crippen LogP contribution in [0.3, 0.4) is 0 Å². The van der Waals surface area contributed by atoms with Crippen LogP contribution >= 0.6 is 0 Å². The molecule has 0 spiro atoms. The van der Waals surface area contributed by atoms with Gasteiger partial charge in [-0.2, -0.15) is 0 Å².